The number of rotatable bonds is 7. The molecule has 2 aromatic rings. The summed E-state index contributed by atoms with van der Waals surface area (Å²) >= 11 is 0. The van der Waals surface area contributed by atoms with Gasteiger partial charge in [-0.05, 0) is 56.5 Å². The van der Waals surface area contributed by atoms with Gasteiger partial charge >= 0.3 is 0 Å². The van der Waals surface area contributed by atoms with Crippen LogP contribution in [0.1, 0.15) is 43.0 Å². The van der Waals surface area contributed by atoms with Crippen molar-refractivity contribution >= 4 is 15.7 Å². The minimum absolute atomic E-state index is 0.197. The van der Waals surface area contributed by atoms with Gasteiger partial charge in [-0.2, -0.15) is 0 Å². The summed E-state index contributed by atoms with van der Waals surface area (Å²) in [5.74, 6) is 0.505. The third-order valence-electron chi connectivity index (χ3n) is 4.43. The van der Waals surface area contributed by atoms with E-state index in [1.807, 2.05) is 45.9 Å². The molecule has 5 nitrogen and oxygen atoms in total. The normalized spacial score (nSPS) is 13.7. The summed E-state index contributed by atoms with van der Waals surface area (Å²) in [7, 11) is -3.23. The first-order valence-corrected chi connectivity index (χ1v) is 10.8. The van der Waals surface area contributed by atoms with Gasteiger partial charge in [-0.3, -0.25) is 4.79 Å². The fourth-order valence-corrected chi connectivity index (χ4v) is 3.43. The molecule has 2 aromatic carbocycles. The maximum atomic E-state index is 12.6. The molecule has 0 fully saturated rings. The van der Waals surface area contributed by atoms with Crippen LogP contribution in [-0.2, 0) is 14.6 Å². The van der Waals surface area contributed by atoms with E-state index in [0.717, 1.165) is 16.7 Å². The van der Waals surface area contributed by atoms with Crippen molar-refractivity contribution in [2.75, 3.05) is 6.26 Å². The van der Waals surface area contributed by atoms with E-state index >= 15 is 0 Å². The molecule has 0 saturated heterocycles. The molecule has 0 radical (unpaired) electrons. The van der Waals surface area contributed by atoms with Crippen molar-refractivity contribution in [2.24, 2.45) is 0 Å². The Labute approximate surface area is 161 Å². The van der Waals surface area contributed by atoms with Crippen molar-refractivity contribution in [3.63, 3.8) is 0 Å². The summed E-state index contributed by atoms with van der Waals surface area (Å²) < 4.78 is 29.0. The van der Waals surface area contributed by atoms with Crippen molar-refractivity contribution in [2.45, 2.75) is 51.2 Å². The summed E-state index contributed by atoms with van der Waals surface area (Å²) in [5, 5.41) is 2.94. The van der Waals surface area contributed by atoms with Gasteiger partial charge in [0.2, 0.25) is 0 Å². The van der Waals surface area contributed by atoms with Crippen LogP contribution < -0.4 is 10.1 Å². The van der Waals surface area contributed by atoms with Gasteiger partial charge in [0, 0.05) is 6.26 Å². The maximum Gasteiger partial charge on any atom is 0.261 e. The molecule has 0 bridgehead atoms. The van der Waals surface area contributed by atoms with Gasteiger partial charge in [0.15, 0.2) is 15.9 Å². The van der Waals surface area contributed by atoms with Crippen LogP contribution in [-0.4, -0.2) is 26.7 Å². The second-order valence-corrected chi connectivity index (χ2v) is 8.87. The van der Waals surface area contributed by atoms with E-state index in [2.05, 4.69) is 5.32 Å². The number of amides is 1. The number of benzene rings is 2. The number of ether oxygens (including phenoxy) is 1. The number of nitrogens with one attached hydrogen (secondary N) is 1. The van der Waals surface area contributed by atoms with E-state index in [4.69, 9.17) is 4.74 Å². The number of hydrogen-bond donors (Lipinski definition) is 1. The summed E-state index contributed by atoms with van der Waals surface area (Å²) in [6, 6.07) is 12.1. The van der Waals surface area contributed by atoms with Gasteiger partial charge in [0.05, 0.1) is 10.9 Å². The molecule has 0 aliphatic rings. The van der Waals surface area contributed by atoms with Crippen LogP contribution in [0, 0.1) is 13.8 Å². The predicted molar refractivity (Wildman–Crippen MR) is 107 cm³/mol. The second-order valence-electron chi connectivity index (χ2n) is 6.86. The largest absolute Gasteiger partial charge is 0.480 e. The van der Waals surface area contributed by atoms with E-state index < -0.39 is 15.9 Å². The Hall–Kier alpha value is -2.34. The lowest BCUT2D eigenvalue weighted by molar-refractivity contribution is -0.128. The minimum atomic E-state index is -3.23. The zero-order chi connectivity index (χ0) is 20.2. The summed E-state index contributed by atoms with van der Waals surface area (Å²) in [5.41, 5.74) is 2.96. The van der Waals surface area contributed by atoms with Gasteiger partial charge in [-0.25, -0.2) is 8.42 Å². The Morgan fingerprint density at radius 2 is 1.74 bits per heavy atom. The van der Waals surface area contributed by atoms with Crippen molar-refractivity contribution in [3.8, 4) is 5.75 Å². The van der Waals surface area contributed by atoms with Crippen molar-refractivity contribution in [3.05, 3.63) is 59.2 Å². The molecule has 0 aliphatic carbocycles. The third-order valence-corrected chi connectivity index (χ3v) is 5.56. The Morgan fingerprint density at radius 3 is 2.26 bits per heavy atom. The van der Waals surface area contributed by atoms with Gasteiger partial charge in [0.1, 0.15) is 5.75 Å². The topological polar surface area (TPSA) is 72.5 Å². The fourth-order valence-electron chi connectivity index (χ4n) is 2.80. The number of carbonyl (C=O) groups excluding carboxylic acids is 1. The number of carbonyl (C=O) groups is 1. The van der Waals surface area contributed by atoms with Gasteiger partial charge in [-0.1, -0.05) is 36.8 Å². The molecule has 0 aliphatic heterocycles. The highest BCUT2D eigenvalue weighted by molar-refractivity contribution is 7.90. The number of sulfone groups is 1. The lowest BCUT2D eigenvalue weighted by Crippen LogP contribution is -2.39. The van der Waals surface area contributed by atoms with Crippen molar-refractivity contribution in [1.82, 2.24) is 5.32 Å². The van der Waals surface area contributed by atoms with E-state index in [0.29, 0.717) is 12.2 Å². The predicted octanol–water partition coefficient (Wildman–Crippen LogP) is 3.74. The summed E-state index contributed by atoms with van der Waals surface area (Å²) in [4.78, 5) is 12.9. The zero-order valence-corrected chi connectivity index (χ0v) is 17.3. The van der Waals surface area contributed by atoms with Gasteiger partial charge < -0.3 is 10.1 Å². The third kappa shape index (κ3) is 5.57. The van der Waals surface area contributed by atoms with E-state index in [1.54, 1.807) is 24.3 Å². The smallest absolute Gasteiger partial charge is 0.261 e. The highest BCUT2D eigenvalue weighted by atomic mass is 32.2. The van der Waals surface area contributed by atoms with Crippen LogP contribution in [0.3, 0.4) is 0 Å². The average molecular weight is 390 g/mol. The Kier molecular flexibility index (Phi) is 6.65. The quantitative estimate of drug-likeness (QED) is 0.783. The lowest BCUT2D eigenvalue weighted by atomic mass is 10.1. The van der Waals surface area contributed by atoms with Gasteiger partial charge in [-0.15, -0.1) is 0 Å². The molecule has 146 valence electrons. The SMILES string of the molecule is CCC(Oc1ccc(C)cc1C)C(=O)NC(C)c1ccc(S(C)(=O)=O)cc1. The molecule has 0 saturated carbocycles. The van der Waals surface area contributed by atoms with Crippen LogP contribution >= 0.6 is 0 Å². The first-order valence-electron chi connectivity index (χ1n) is 8.96. The summed E-state index contributed by atoms with van der Waals surface area (Å²) in [6.07, 6.45) is 1.12. The van der Waals surface area contributed by atoms with E-state index in [1.165, 1.54) is 6.26 Å². The van der Waals surface area contributed by atoms with Crippen LogP contribution in [0.15, 0.2) is 47.4 Å². The zero-order valence-electron chi connectivity index (χ0n) is 16.4. The lowest BCUT2D eigenvalue weighted by Gasteiger charge is -2.22. The van der Waals surface area contributed by atoms with Crippen molar-refractivity contribution < 1.29 is 17.9 Å². The Bertz CT molecular complexity index is 904. The highest BCUT2D eigenvalue weighted by Gasteiger charge is 2.21. The highest BCUT2D eigenvalue weighted by Crippen LogP contribution is 2.22. The molecule has 0 aromatic heterocycles. The fraction of sp³-hybridized carbons (Fsp3) is 0.381. The molecule has 2 unspecified atom stereocenters. The molecule has 0 spiro atoms. The van der Waals surface area contributed by atoms with Crippen LogP contribution in [0.5, 0.6) is 5.75 Å². The molecule has 2 rings (SSSR count). The first kappa shape index (κ1) is 21.0. The van der Waals surface area contributed by atoms with E-state index in [9.17, 15) is 13.2 Å². The summed E-state index contributed by atoms with van der Waals surface area (Å²) in [6.45, 7) is 7.73. The second kappa shape index (κ2) is 8.57. The number of aryl methyl sites for hydroxylation is 2. The number of hydrogen-bond acceptors (Lipinski definition) is 4. The van der Waals surface area contributed by atoms with Crippen LogP contribution in [0.25, 0.3) is 0 Å². The van der Waals surface area contributed by atoms with Crippen molar-refractivity contribution in [1.29, 1.82) is 0 Å². The van der Waals surface area contributed by atoms with E-state index in [-0.39, 0.29) is 16.8 Å². The van der Waals surface area contributed by atoms with Crippen LogP contribution in [0.2, 0.25) is 0 Å². The molecule has 1 N–H and O–H groups in total. The monoisotopic (exact) mass is 389 g/mol. The molecule has 2 atom stereocenters. The molecule has 1 amide bonds. The molecular formula is C21H27NO4S. The first-order chi connectivity index (χ1) is 12.6. The molecular weight excluding hydrogens is 362 g/mol. The van der Waals surface area contributed by atoms with Gasteiger partial charge in [0.25, 0.3) is 5.91 Å². The molecule has 0 heterocycles. The Morgan fingerprint density at radius 1 is 1.11 bits per heavy atom. The average Bonchev–Trinajstić information content (AvgIpc) is 2.60. The molecule has 6 heteroatoms. The Balaban J connectivity index is 2.07. The van der Waals surface area contributed by atoms with Crippen LogP contribution in [0.4, 0.5) is 0 Å². The molecule has 27 heavy (non-hydrogen) atoms. The standard InChI is InChI=1S/C21H27NO4S/c1-6-19(26-20-12-7-14(2)13-15(20)3)21(23)22-16(4)17-8-10-18(11-9-17)27(5,24)25/h7-13,16,19H,6H2,1-5H3,(H,22,23). The minimum Gasteiger partial charge on any atom is -0.480 e. The maximum absolute atomic E-state index is 12.6.